The standard InChI is InChI=1S/C16H11N3/c1-2-6-13-12(4-1)9-17-10-14(13)15-8-11-5-3-7-18-16(11)19-15/h1-10H,(H,18,19). The molecule has 3 heteroatoms. The third-order valence-electron chi connectivity index (χ3n) is 3.35. The quantitative estimate of drug-likeness (QED) is 0.554. The number of rotatable bonds is 1. The summed E-state index contributed by atoms with van der Waals surface area (Å²) in [7, 11) is 0. The fourth-order valence-corrected chi connectivity index (χ4v) is 2.43. The van der Waals surface area contributed by atoms with Gasteiger partial charge in [0.05, 0.1) is 0 Å². The summed E-state index contributed by atoms with van der Waals surface area (Å²) < 4.78 is 0. The van der Waals surface area contributed by atoms with Crippen LogP contribution in [0.3, 0.4) is 0 Å². The lowest BCUT2D eigenvalue weighted by Crippen LogP contribution is -1.83. The van der Waals surface area contributed by atoms with E-state index in [4.69, 9.17) is 0 Å². The third kappa shape index (κ3) is 1.59. The number of hydrogen-bond donors (Lipinski definition) is 1. The van der Waals surface area contributed by atoms with Crippen molar-refractivity contribution in [1.82, 2.24) is 15.0 Å². The van der Waals surface area contributed by atoms with Crippen molar-refractivity contribution >= 4 is 21.8 Å². The van der Waals surface area contributed by atoms with E-state index in [2.05, 4.69) is 39.2 Å². The Morgan fingerprint density at radius 1 is 0.895 bits per heavy atom. The minimum atomic E-state index is 0.908. The van der Waals surface area contributed by atoms with Crippen LogP contribution in [0.4, 0.5) is 0 Å². The molecule has 0 amide bonds. The minimum absolute atomic E-state index is 0.908. The molecule has 0 unspecified atom stereocenters. The van der Waals surface area contributed by atoms with Gasteiger partial charge in [-0.3, -0.25) is 4.98 Å². The fraction of sp³-hybridized carbons (Fsp3) is 0. The van der Waals surface area contributed by atoms with Gasteiger partial charge in [-0.2, -0.15) is 0 Å². The molecule has 4 aromatic rings. The van der Waals surface area contributed by atoms with Gasteiger partial charge in [0.15, 0.2) is 0 Å². The molecule has 0 aliphatic heterocycles. The van der Waals surface area contributed by atoms with Crippen molar-refractivity contribution in [1.29, 1.82) is 0 Å². The van der Waals surface area contributed by atoms with Crippen LogP contribution in [0.15, 0.2) is 61.1 Å². The van der Waals surface area contributed by atoms with Crippen LogP contribution in [0.25, 0.3) is 33.1 Å². The molecule has 3 nitrogen and oxygen atoms in total. The van der Waals surface area contributed by atoms with Crippen molar-refractivity contribution < 1.29 is 0 Å². The Labute approximate surface area is 110 Å². The molecule has 0 aliphatic carbocycles. The molecular weight excluding hydrogens is 234 g/mol. The topological polar surface area (TPSA) is 41.6 Å². The second-order valence-corrected chi connectivity index (χ2v) is 4.53. The SMILES string of the molecule is c1cnc2[nH]c(-c3cncc4ccccc34)cc2c1. The first-order valence-corrected chi connectivity index (χ1v) is 6.19. The molecule has 19 heavy (non-hydrogen) atoms. The van der Waals surface area contributed by atoms with E-state index in [0.29, 0.717) is 0 Å². The normalized spacial score (nSPS) is 11.2. The van der Waals surface area contributed by atoms with Gasteiger partial charge >= 0.3 is 0 Å². The monoisotopic (exact) mass is 245 g/mol. The van der Waals surface area contributed by atoms with Gasteiger partial charge in [0.1, 0.15) is 5.65 Å². The lowest BCUT2D eigenvalue weighted by molar-refractivity contribution is 1.31. The van der Waals surface area contributed by atoms with Gasteiger partial charge in [-0.05, 0) is 23.6 Å². The summed E-state index contributed by atoms with van der Waals surface area (Å²) in [6.45, 7) is 0. The van der Waals surface area contributed by atoms with Gasteiger partial charge in [0.2, 0.25) is 0 Å². The number of pyridine rings is 2. The van der Waals surface area contributed by atoms with Crippen LogP contribution in [-0.2, 0) is 0 Å². The van der Waals surface area contributed by atoms with Gasteiger partial charge in [0, 0.05) is 40.6 Å². The molecule has 1 aromatic carbocycles. The van der Waals surface area contributed by atoms with Gasteiger partial charge in [-0.1, -0.05) is 24.3 Å². The first-order chi connectivity index (χ1) is 9.42. The Kier molecular flexibility index (Phi) is 2.12. The van der Waals surface area contributed by atoms with Crippen molar-refractivity contribution in [2.24, 2.45) is 0 Å². The van der Waals surface area contributed by atoms with Gasteiger partial charge in [0.25, 0.3) is 0 Å². The first kappa shape index (κ1) is 10.3. The van der Waals surface area contributed by atoms with Crippen molar-refractivity contribution in [3.05, 3.63) is 61.1 Å². The highest BCUT2D eigenvalue weighted by molar-refractivity contribution is 5.97. The number of hydrogen-bond acceptors (Lipinski definition) is 2. The van der Waals surface area contributed by atoms with Gasteiger partial charge in [-0.25, -0.2) is 4.98 Å². The van der Waals surface area contributed by atoms with E-state index in [0.717, 1.165) is 27.7 Å². The molecule has 3 aromatic heterocycles. The summed E-state index contributed by atoms with van der Waals surface area (Å²) in [6.07, 6.45) is 5.58. The second kappa shape index (κ2) is 3.92. The van der Waals surface area contributed by atoms with Crippen molar-refractivity contribution in [3.63, 3.8) is 0 Å². The molecule has 0 fully saturated rings. The fourth-order valence-electron chi connectivity index (χ4n) is 2.43. The summed E-state index contributed by atoms with van der Waals surface area (Å²) >= 11 is 0. The highest BCUT2D eigenvalue weighted by Crippen LogP contribution is 2.28. The molecule has 0 saturated carbocycles. The molecule has 3 heterocycles. The molecule has 0 bridgehead atoms. The van der Waals surface area contributed by atoms with Crippen LogP contribution >= 0.6 is 0 Å². The van der Waals surface area contributed by atoms with Crippen LogP contribution in [0.1, 0.15) is 0 Å². The Morgan fingerprint density at radius 3 is 2.74 bits per heavy atom. The minimum Gasteiger partial charge on any atom is -0.339 e. The third-order valence-corrected chi connectivity index (χ3v) is 3.35. The van der Waals surface area contributed by atoms with E-state index in [1.54, 1.807) is 6.20 Å². The Morgan fingerprint density at radius 2 is 1.79 bits per heavy atom. The number of nitrogens with zero attached hydrogens (tertiary/aromatic N) is 2. The molecule has 0 aliphatic rings. The van der Waals surface area contributed by atoms with Gasteiger partial charge < -0.3 is 4.98 Å². The predicted molar refractivity (Wildman–Crippen MR) is 76.8 cm³/mol. The van der Waals surface area contributed by atoms with E-state index in [1.807, 2.05) is 30.6 Å². The zero-order chi connectivity index (χ0) is 12.7. The number of benzene rings is 1. The van der Waals surface area contributed by atoms with Crippen molar-refractivity contribution in [2.75, 3.05) is 0 Å². The van der Waals surface area contributed by atoms with E-state index < -0.39 is 0 Å². The van der Waals surface area contributed by atoms with E-state index >= 15 is 0 Å². The summed E-state index contributed by atoms with van der Waals surface area (Å²) in [5.74, 6) is 0. The maximum atomic E-state index is 4.33. The van der Waals surface area contributed by atoms with E-state index in [9.17, 15) is 0 Å². The van der Waals surface area contributed by atoms with Gasteiger partial charge in [-0.15, -0.1) is 0 Å². The zero-order valence-electron chi connectivity index (χ0n) is 10.2. The highest BCUT2D eigenvalue weighted by atomic mass is 14.9. The number of aromatic amines is 1. The maximum absolute atomic E-state index is 4.33. The molecule has 90 valence electrons. The average molecular weight is 245 g/mol. The molecule has 0 saturated heterocycles. The molecule has 0 radical (unpaired) electrons. The Hall–Kier alpha value is -2.68. The Balaban J connectivity index is 2.03. The summed E-state index contributed by atoms with van der Waals surface area (Å²) in [4.78, 5) is 12.0. The summed E-state index contributed by atoms with van der Waals surface area (Å²) in [5.41, 5.74) is 3.07. The predicted octanol–water partition coefficient (Wildman–Crippen LogP) is 3.78. The van der Waals surface area contributed by atoms with Crippen LogP contribution in [0.2, 0.25) is 0 Å². The zero-order valence-corrected chi connectivity index (χ0v) is 10.2. The molecule has 0 spiro atoms. The maximum Gasteiger partial charge on any atom is 0.137 e. The van der Waals surface area contributed by atoms with E-state index in [1.165, 1.54) is 5.39 Å². The largest absolute Gasteiger partial charge is 0.339 e. The Bertz CT molecular complexity index is 839. The lowest BCUT2D eigenvalue weighted by Gasteiger charge is -2.03. The van der Waals surface area contributed by atoms with Crippen molar-refractivity contribution in [2.45, 2.75) is 0 Å². The van der Waals surface area contributed by atoms with Crippen molar-refractivity contribution in [3.8, 4) is 11.3 Å². The van der Waals surface area contributed by atoms with Crippen LogP contribution in [-0.4, -0.2) is 15.0 Å². The molecule has 0 atom stereocenters. The average Bonchev–Trinajstić information content (AvgIpc) is 2.90. The van der Waals surface area contributed by atoms with Crippen LogP contribution in [0, 0.1) is 0 Å². The number of H-pyrrole nitrogens is 1. The number of aromatic nitrogens is 3. The summed E-state index contributed by atoms with van der Waals surface area (Å²) in [6, 6.07) is 14.4. The van der Waals surface area contributed by atoms with E-state index in [-0.39, 0.29) is 0 Å². The molecule has 4 rings (SSSR count). The highest BCUT2D eigenvalue weighted by Gasteiger charge is 2.07. The van der Waals surface area contributed by atoms with Crippen LogP contribution in [0.5, 0.6) is 0 Å². The molecule has 1 N–H and O–H groups in total. The summed E-state index contributed by atoms with van der Waals surface area (Å²) in [5, 5.41) is 3.46. The first-order valence-electron chi connectivity index (χ1n) is 6.19. The van der Waals surface area contributed by atoms with Crippen LogP contribution < -0.4 is 0 Å². The lowest BCUT2D eigenvalue weighted by atomic mass is 10.1. The second-order valence-electron chi connectivity index (χ2n) is 4.53. The number of nitrogens with one attached hydrogen (secondary N) is 1. The molecular formula is C16H11N3. The smallest absolute Gasteiger partial charge is 0.137 e. The number of fused-ring (bicyclic) bond motifs is 2.